The molecule has 0 unspecified atom stereocenters. The molecule has 0 radical (unpaired) electrons. The second kappa shape index (κ2) is 110. The summed E-state index contributed by atoms with van der Waals surface area (Å²) in [6.07, 6.45) is 9.40. The van der Waals surface area contributed by atoms with E-state index >= 15 is 0 Å². The van der Waals surface area contributed by atoms with E-state index in [2.05, 4.69) is 79.2 Å². The molecule has 0 saturated carbocycles. The van der Waals surface area contributed by atoms with Crippen molar-refractivity contribution in [2.24, 2.45) is 34.5 Å². The third-order valence-corrected chi connectivity index (χ3v) is 12.2. The van der Waals surface area contributed by atoms with Crippen LogP contribution in [-0.4, -0.2) is 299 Å². The van der Waals surface area contributed by atoms with Gasteiger partial charge in [0.15, 0.2) is 0 Å². The number of hydroxylamine groups is 2. The Balaban J connectivity index is -0.000000189. The normalized spacial score (nSPS) is 10.1. The molecular formula is C70H150N14O30. The third kappa shape index (κ3) is 118. The van der Waals surface area contributed by atoms with Crippen LogP contribution in [0.3, 0.4) is 0 Å². The summed E-state index contributed by atoms with van der Waals surface area (Å²) >= 11 is 0. The number of nitrogens with one attached hydrogen (secondary N) is 8. The van der Waals surface area contributed by atoms with Gasteiger partial charge in [-0.2, -0.15) is 0 Å². The largest absolute Gasteiger partial charge is 0.447 e. The average Bonchev–Trinajstić information content (AvgIpc) is 0.964. The number of aldehydes is 1. The zero-order valence-electron chi connectivity index (χ0n) is 66.9. The maximum absolute atomic E-state index is 12.0. The highest BCUT2D eigenvalue weighted by molar-refractivity contribution is 5.76. The van der Waals surface area contributed by atoms with E-state index in [9.17, 15) is 47.9 Å². The number of nitrogens with zero attached hydrogens (tertiary/aromatic N) is 1. The van der Waals surface area contributed by atoms with Gasteiger partial charge in [-0.15, -0.1) is 0 Å². The van der Waals surface area contributed by atoms with Crippen LogP contribution < -0.4 is 72.2 Å². The summed E-state index contributed by atoms with van der Waals surface area (Å²) in [7, 11) is 7.70. The number of nitrogens with two attached hydrogens (primary N) is 5. The van der Waals surface area contributed by atoms with Gasteiger partial charge in [0.1, 0.15) is 51.5 Å². The maximum Gasteiger partial charge on any atom is 0.407 e. The molecule has 0 saturated heterocycles. The summed E-state index contributed by atoms with van der Waals surface area (Å²) in [5, 5.41) is 19.4. The lowest BCUT2D eigenvalue weighted by atomic mass is 10.3. The van der Waals surface area contributed by atoms with Gasteiger partial charge in [0.2, 0.25) is 29.5 Å². The highest BCUT2D eigenvalue weighted by Crippen LogP contribution is 2.03. The second-order valence-corrected chi connectivity index (χ2v) is 22.1. The van der Waals surface area contributed by atoms with Crippen molar-refractivity contribution >= 4 is 66.4 Å². The van der Waals surface area contributed by atoms with Crippen molar-refractivity contribution in [1.29, 1.82) is 0 Å². The minimum atomic E-state index is -0.704. The van der Waals surface area contributed by atoms with Gasteiger partial charge in [-0.05, 0) is 70.6 Å². The molecule has 0 atom stereocenters. The number of hydrogen-bond acceptors (Lipinski definition) is 35. The number of amides is 9. The van der Waals surface area contributed by atoms with Crippen LogP contribution in [0.25, 0.3) is 0 Å². The summed E-state index contributed by atoms with van der Waals surface area (Å²) in [6, 6.07) is 0. The van der Waals surface area contributed by atoms with Gasteiger partial charge < -0.3 is 128 Å². The Kier molecular flexibility index (Phi) is 121. The lowest BCUT2D eigenvalue weighted by Crippen LogP contribution is -2.35. The van der Waals surface area contributed by atoms with Crippen molar-refractivity contribution < 1.29 is 143 Å². The fourth-order valence-corrected chi connectivity index (χ4v) is 6.75. The molecule has 0 aromatic rings. The second-order valence-electron chi connectivity index (χ2n) is 22.1. The smallest absolute Gasteiger partial charge is 0.407 e. The molecule has 44 nitrogen and oxygen atoms in total. The molecule has 44 heteroatoms. The highest BCUT2D eigenvalue weighted by atomic mass is 16.7. The van der Waals surface area contributed by atoms with Crippen molar-refractivity contribution in [2.75, 3.05) is 220 Å². The molecule has 9 amide bonds. The number of primary amides is 1. The number of ether oxygens (including phenoxy) is 13. The van der Waals surface area contributed by atoms with E-state index in [0.717, 1.165) is 51.2 Å². The van der Waals surface area contributed by atoms with Crippen LogP contribution in [0.2, 0.25) is 0 Å². The predicted molar refractivity (Wildman–Crippen MR) is 423 cm³/mol. The average molecular weight is 1670 g/mol. The Labute approximate surface area is 676 Å². The molecule has 0 spiro atoms. The van der Waals surface area contributed by atoms with Crippen molar-refractivity contribution in [3.05, 3.63) is 0 Å². The van der Waals surface area contributed by atoms with Gasteiger partial charge in [0.25, 0.3) is 0 Å². The van der Waals surface area contributed by atoms with Crippen LogP contribution in [0.4, 0.5) is 19.2 Å². The summed E-state index contributed by atoms with van der Waals surface area (Å²) in [6.45, 7) is 14.6. The molecular weight excluding hydrogens is 1520 g/mol. The minimum Gasteiger partial charge on any atom is -0.447 e. The van der Waals surface area contributed by atoms with Crippen LogP contribution >= 0.6 is 0 Å². The summed E-state index contributed by atoms with van der Waals surface area (Å²) in [5.74, 6) is 18.2. The number of hydrogen-bond donors (Lipinski definition) is 13. The first-order valence-corrected chi connectivity index (χ1v) is 36.8. The SMILES string of the molecule is C.C.C.CCCC(=O)NOCCCON.CCCC(=O)NOCCCON.CCCC(N)=O.COCCCO/N=C/CCCOCCNC(=O)CCCOC(COC(=O)NCCOC)COC(=O)NCCOC.COCCNC(=O)OCC(COC(=O)NCCOC)OCCCC(=O)NCCOCCCC=O.NOCCCON. The standard InChI is InChI=1S/C25H48N4O11.C21H39N3O10.2C7H16N2O3.C4H9NO.C3H10N2O2.3CH4/c1-33-13-7-16-40-29-9-4-5-14-36-19-12-26-23(30)8-6-15-37-22(20-38-24(31)27-10-17-34-2)21-39-25(32)28-11-18-35-3;1-29-13-7-23-20(27)33-16-18(17-34-21(28)24-8-14-30-2)32-12-5-6-19(26)22-9-15-31-11-4-3-10-25;2*1-2-4-7(10)9-12-6-3-5-11-8;1-2-3-4(5)6;4-6-2-1-3-7-5;;;/h9,22H,4-8,10-21H2,1-3H3,(H,26,30)(H,27,31)(H,28,32);10,18H,3-9,11-17H2,1-2H3,(H,22,26)(H,23,27)(H,24,28);2*2-6,8H2,1H3,(H,9,10);2-3H2,1H3,(H2,5,6);1-5H2;3*1H4/b29-9+;;;;;;;;. The van der Waals surface area contributed by atoms with Gasteiger partial charge in [-0.3, -0.25) is 33.6 Å². The Morgan fingerprint density at radius 1 is 0.351 bits per heavy atom. The summed E-state index contributed by atoms with van der Waals surface area (Å²) in [4.78, 5) is 144. The van der Waals surface area contributed by atoms with Crippen LogP contribution in [0.5, 0.6) is 0 Å². The van der Waals surface area contributed by atoms with E-state index in [0.29, 0.717) is 190 Å². The van der Waals surface area contributed by atoms with Crippen molar-refractivity contribution in [3.63, 3.8) is 0 Å². The first-order valence-electron chi connectivity index (χ1n) is 36.8. The number of carbonyl (C=O) groups is 10. The van der Waals surface area contributed by atoms with Crippen LogP contribution in [0, 0.1) is 0 Å². The molecule has 680 valence electrons. The summed E-state index contributed by atoms with van der Waals surface area (Å²) in [5.41, 5.74) is 9.38. The monoisotopic (exact) mass is 1670 g/mol. The molecule has 0 aliphatic carbocycles. The van der Waals surface area contributed by atoms with Gasteiger partial charge in [-0.25, -0.2) is 53.7 Å². The first-order chi connectivity index (χ1) is 53.9. The van der Waals surface area contributed by atoms with E-state index in [1.54, 1.807) is 13.3 Å². The Bertz CT molecular complexity index is 2050. The van der Waals surface area contributed by atoms with Gasteiger partial charge >= 0.3 is 24.4 Å². The van der Waals surface area contributed by atoms with E-state index in [-0.39, 0.29) is 117 Å². The Hall–Kier alpha value is -7.19. The van der Waals surface area contributed by atoms with Crippen LogP contribution in [0.1, 0.15) is 159 Å². The number of carbonyl (C=O) groups excluding carboxylic acids is 10. The van der Waals surface area contributed by atoms with Crippen LogP contribution in [-0.2, 0) is 124 Å². The Morgan fingerprint density at radius 3 is 0.982 bits per heavy atom. The number of oxime groups is 1. The number of rotatable bonds is 69. The van der Waals surface area contributed by atoms with Gasteiger partial charge in [0.05, 0.1) is 79.3 Å². The zero-order chi connectivity index (χ0) is 83.8. The first kappa shape index (κ1) is 125. The lowest BCUT2D eigenvalue weighted by molar-refractivity contribution is -0.134. The number of unbranched alkanes of at least 4 members (excludes halogenated alkanes) is 2. The van der Waals surface area contributed by atoms with Gasteiger partial charge in [0, 0.05) is 159 Å². The maximum atomic E-state index is 12.0. The molecule has 0 heterocycles. The van der Waals surface area contributed by atoms with Crippen LogP contribution in [0.15, 0.2) is 5.16 Å². The molecule has 0 aromatic heterocycles. The topological polar surface area (TPSA) is 594 Å². The molecule has 0 rings (SSSR count). The van der Waals surface area contributed by atoms with E-state index < -0.39 is 36.6 Å². The van der Waals surface area contributed by atoms with E-state index in [1.807, 2.05) is 20.8 Å². The predicted octanol–water partition coefficient (Wildman–Crippen LogP) is 2.42. The van der Waals surface area contributed by atoms with E-state index in [1.165, 1.54) is 28.4 Å². The minimum absolute atomic E-state index is 0. The fraction of sp³-hybridized carbons (Fsp3) is 0.843. The molecule has 18 N–H and O–H groups in total. The highest BCUT2D eigenvalue weighted by Gasteiger charge is 2.18. The molecule has 0 aliphatic rings. The molecule has 0 fully saturated rings. The molecule has 0 bridgehead atoms. The van der Waals surface area contributed by atoms with E-state index in [4.69, 9.17) is 93.6 Å². The quantitative estimate of drug-likeness (QED) is 0.0137. The lowest BCUT2D eigenvalue weighted by Gasteiger charge is -2.18. The van der Waals surface area contributed by atoms with Crippen molar-refractivity contribution in [2.45, 2.75) is 171 Å². The Morgan fingerprint density at radius 2 is 0.675 bits per heavy atom. The van der Waals surface area contributed by atoms with Crippen molar-refractivity contribution in [1.82, 2.24) is 42.9 Å². The number of methoxy groups -OCH3 is 5. The third-order valence-electron chi connectivity index (χ3n) is 12.2. The molecule has 0 aliphatic heterocycles. The fourth-order valence-electron chi connectivity index (χ4n) is 6.75. The van der Waals surface area contributed by atoms with Crippen molar-refractivity contribution in [3.8, 4) is 0 Å². The summed E-state index contributed by atoms with van der Waals surface area (Å²) < 4.78 is 66.8. The number of alkyl carbamates (subject to hydrolysis) is 4. The van der Waals surface area contributed by atoms with Gasteiger partial charge in [-0.1, -0.05) is 48.2 Å². The molecule has 114 heavy (non-hydrogen) atoms. The zero-order valence-corrected chi connectivity index (χ0v) is 66.9. The molecule has 0 aromatic carbocycles.